The third kappa shape index (κ3) is 3.15. The van der Waals surface area contributed by atoms with Gasteiger partial charge in [0.2, 0.25) is 10.0 Å². The summed E-state index contributed by atoms with van der Waals surface area (Å²) in [5.74, 6) is 0. The van der Waals surface area contributed by atoms with E-state index in [0.29, 0.717) is 0 Å². The zero-order valence-corrected chi connectivity index (χ0v) is 13.2. The molecule has 0 aliphatic carbocycles. The van der Waals surface area contributed by atoms with Crippen LogP contribution in [0, 0.1) is 17.0 Å². The molecule has 118 valence electrons. The topological polar surface area (TPSA) is 107 Å². The van der Waals surface area contributed by atoms with Gasteiger partial charge < -0.3 is 0 Å². The summed E-state index contributed by atoms with van der Waals surface area (Å²) in [5.41, 5.74) is 1.47. The number of sulfonamides is 1. The van der Waals surface area contributed by atoms with Crippen molar-refractivity contribution in [3.8, 4) is 0 Å². The van der Waals surface area contributed by atoms with Gasteiger partial charge in [0.1, 0.15) is 0 Å². The van der Waals surface area contributed by atoms with Crippen LogP contribution in [0.25, 0.3) is 0 Å². The molecular weight excluding hydrogens is 308 g/mol. The average Bonchev–Trinajstić information content (AvgIpc) is 2.78. The molecule has 9 heteroatoms. The number of nitro benzene ring substituents is 1. The van der Waals surface area contributed by atoms with Crippen LogP contribution >= 0.6 is 0 Å². The van der Waals surface area contributed by atoms with E-state index in [4.69, 9.17) is 0 Å². The van der Waals surface area contributed by atoms with Gasteiger partial charge in [0, 0.05) is 36.5 Å². The number of nitro groups is 1. The molecule has 0 saturated carbocycles. The van der Waals surface area contributed by atoms with Gasteiger partial charge in [0.25, 0.3) is 5.69 Å². The molecule has 1 atom stereocenters. The maximum atomic E-state index is 12.3. The van der Waals surface area contributed by atoms with E-state index in [1.54, 1.807) is 24.9 Å². The van der Waals surface area contributed by atoms with Crippen LogP contribution < -0.4 is 4.72 Å². The lowest BCUT2D eigenvalue weighted by Gasteiger charge is -2.14. The summed E-state index contributed by atoms with van der Waals surface area (Å²) in [6.07, 6.45) is 1.61. The zero-order valence-electron chi connectivity index (χ0n) is 12.3. The van der Waals surface area contributed by atoms with Crippen LogP contribution in [0.2, 0.25) is 0 Å². The van der Waals surface area contributed by atoms with E-state index in [0.717, 1.165) is 23.4 Å². The maximum Gasteiger partial charge on any atom is 0.269 e. The van der Waals surface area contributed by atoms with Crippen molar-refractivity contribution in [3.05, 3.63) is 51.8 Å². The van der Waals surface area contributed by atoms with Crippen LogP contribution in [0.4, 0.5) is 5.69 Å². The molecule has 2 rings (SSSR count). The Kier molecular flexibility index (Phi) is 4.29. The molecule has 1 unspecified atom stereocenters. The number of non-ortho nitro benzene ring substituents is 1. The Morgan fingerprint density at radius 2 is 1.91 bits per heavy atom. The van der Waals surface area contributed by atoms with Crippen LogP contribution in [0.1, 0.15) is 24.2 Å². The summed E-state index contributed by atoms with van der Waals surface area (Å²) < 4.78 is 28.8. The predicted octanol–water partition coefficient (Wildman–Crippen LogP) is 1.68. The van der Waals surface area contributed by atoms with Crippen molar-refractivity contribution in [3.63, 3.8) is 0 Å². The van der Waals surface area contributed by atoms with E-state index >= 15 is 0 Å². The quantitative estimate of drug-likeness (QED) is 0.665. The number of nitrogens with zero attached hydrogens (tertiary/aromatic N) is 3. The number of nitrogens with one attached hydrogen (secondary N) is 1. The Morgan fingerprint density at radius 1 is 1.32 bits per heavy atom. The molecule has 0 aliphatic rings. The second-order valence-corrected chi connectivity index (χ2v) is 6.62. The van der Waals surface area contributed by atoms with Gasteiger partial charge in [-0.2, -0.15) is 5.10 Å². The number of benzene rings is 1. The molecule has 0 fully saturated rings. The Bertz CT molecular complexity index is 796. The number of hydrogen-bond acceptors (Lipinski definition) is 5. The minimum absolute atomic E-state index is 0.0218. The highest BCUT2D eigenvalue weighted by Crippen LogP contribution is 2.21. The van der Waals surface area contributed by atoms with Crippen molar-refractivity contribution >= 4 is 15.7 Å². The van der Waals surface area contributed by atoms with Crippen LogP contribution in [-0.2, 0) is 17.1 Å². The molecule has 0 radical (unpaired) electrons. The number of aryl methyl sites for hydroxylation is 1. The van der Waals surface area contributed by atoms with Gasteiger partial charge in [-0.05, 0) is 26.0 Å². The molecule has 1 N–H and O–H groups in total. The number of rotatable bonds is 5. The van der Waals surface area contributed by atoms with E-state index in [9.17, 15) is 18.5 Å². The molecule has 0 amide bonds. The van der Waals surface area contributed by atoms with Crippen molar-refractivity contribution in [1.82, 2.24) is 14.5 Å². The SMILES string of the molecule is Cc1c(C(C)NS(=O)(=O)c2ccc([N+](=O)[O-])cc2)cnn1C. The largest absolute Gasteiger partial charge is 0.273 e. The normalized spacial score (nSPS) is 13.0. The Morgan fingerprint density at radius 3 is 2.36 bits per heavy atom. The highest BCUT2D eigenvalue weighted by molar-refractivity contribution is 7.89. The smallest absolute Gasteiger partial charge is 0.269 e. The van der Waals surface area contributed by atoms with Gasteiger partial charge >= 0.3 is 0 Å². The third-order valence-corrected chi connectivity index (χ3v) is 4.99. The monoisotopic (exact) mass is 324 g/mol. The van der Waals surface area contributed by atoms with Crippen LogP contribution in [0.5, 0.6) is 0 Å². The number of hydrogen-bond donors (Lipinski definition) is 1. The third-order valence-electron chi connectivity index (χ3n) is 3.43. The Hall–Kier alpha value is -2.26. The van der Waals surface area contributed by atoms with Gasteiger partial charge in [-0.25, -0.2) is 13.1 Å². The molecule has 1 heterocycles. The Balaban J connectivity index is 2.23. The van der Waals surface area contributed by atoms with Gasteiger partial charge in [-0.1, -0.05) is 0 Å². The van der Waals surface area contributed by atoms with Crippen molar-refractivity contribution < 1.29 is 13.3 Å². The predicted molar refractivity (Wildman–Crippen MR) is 79.8 cm³/mol. The second-order valence-electron chi connectivity index (χ2n) is 4.90. The standard InChI is InChI=1S/C13H16N4O4S/c1-9(13-8-14-16(3)10(13)2)15-22(20,21)12-6-4-11(5-7-12)17(18)19/h4-9,15H,1-3H3. The lowest BCUT2D eigenvalue weighted by molar-refractivity contribution is -0.384. The van der Waals surface area contributed by atoms with Gasteiger partial charge in [0.05, 0.1) is 16.0 Å². The molecule has 8 nitrogen and oxygen atoms in total. The molecule has 1 aromatic heterocycles. The van der Waals surface area contributed by atoms with Gasteiger partial charge in [-0.15, -0.1) is 0 Å². The summed E-state index contributed by atoms with van der Waals surface area (Å²) in [4.78, 5) is 10.00. The fourth-order valence-electron chi connectivity index (χ4n) is 2.05. The number of aromatic nitrogens is 2. The van der Waals surface area contributed by atoms with Crippen molar-refractivity contribution in [1.29, 1.82) is 0 Å². The minimum Gasteiger partial charge on any atom is -0.273 e. The van der Waals surface area contributed by atoms with E-state index in [2.05, 4.69) is 9.82 Å². The first-order chi connectivity index (χ1) is 10.2. The first kappa shape index (κ1) is 16.1. The molecule has 0 saturated heterocycles. The van der Waals surface area contributed by atoms with E-state index in [1.165, 1.54) is 12.1 Å². The first-order valence-electron chi connectivity index (χ1n) is 6.47. The van der Waals surface area contributed by atoms with Crippen molar-refractivity contribution in [2.24, 2.45) is 7.05 Å². The summed E-state index contributed by atoms with van der Waals surface area (Å²) in [5, 5.41) is 14.7. The second kappa shape index (κ2) is 5.85. The van der Waals surface area contributed by atoms with E-state index < -0.39 is 21.0 Å². The fourth-order valence-corrected chi connectivity index (χ4v) is 3.27. The fraction of sp³-hybridized carbons (Fsp3) is 0.308. The average molecular weight is 324 g/mol. The summed E-state index contributed by atoms with van der Waals surface area (Å²) in [7, 11) is -1.99. The highest BCUT2D eigenvalue weighted by atomic mass is 32.2. The maximum absolute atomic E-state index is 12.3. The lowest BCUT2D eigenvalue weighted by atomic mass is 10.1. The van der Waals surface area contributed by atoms with Gasteiger partial charge in [-0.3, -0.25) is 14.8 Å². The van der Waals surface area contributed by atoms with Crippen molar-refractivity contribution in [2.75, 3.05) is 0 Å². The highest BCUT2D eigenvalue weighted by Gasteiger charge is 2.21. The molecular formula is C13H16N4O4S. The zero-order chi connectivity index (χ0) is 16.5. The molecule has 0 bridgehead atoms. The Labute approximate surface area is 128 Å². The molecule has 22 heavy (non-hydrogen) atoms. The summed E-state index contributed by atoms with van der Waals surface area (Å²) in [6.45, 7) is 3.56. The molecule has 2 aromatic rings. The van der Waals surface area contributed by atoms with Gasteiger partial charge in [0.15, 0.2) is 0 Å². The van der Waals surface area contributed by atoms with Crippen LogP contribution in [-0.4, -0.2) is 23.1 Å². The summed E-state index contributed by atoms with van der Waals surface area (Å²) >= 11 is 0. The first-order valence-corrected chi connectivity index (χ1v) is 7.96. The van der Waals surface area contributed by atoms with Crippen LogP contribution in [0.3, 0.4) is 0 Å². The van der Waals surface area contributed by atoms with Crippen LogP contribution in [0.15, 0.2) is 35.4 Å². The lowest BCUT2D eigenvalue weighted by Crippen LogP contribution is -2.27. The molecule has 1 aromatic carbocycles. The molecule has 0 aliphatic heterocycles. The van der Waals surface area contributed by atoms with Crippen molar-refractivity contribution in [2.45, 2.75) is 24.8 Å². The summed E-state index contributed by atoms with van der Waals surface area (Å²) in [6, 6.07) is 4.28. The van der Waals surface area contributed by atoms with E-state index in [1.807, 2.05) is 6.92 Å². The molecule has 0 spiro atoms. The minimum atomic E-state index is -3.77. The van der Waals surface area contributed by atoms with E-state index in [-0.39, 0.29) is 10.6 Å².